The van der Waals surface area contributed by atoms with Crippen LogP contribution in [0, 0.1) is 5.92 Å². The number of nitrogens with one attached hydrogen (secondary N) is 1. The van der Waals surface area contributed by atoms with Crippen molar-refractivity contribution in [3.63, 3.8) is 0 Å². The molecule has 1 aromatic rings. The fraction of sp³-hybridized carbons (Fsp3) is 0.688. The number of anilines is 1. The highest BCUT2D eigenvalue weighted by atomic mass is 35.5. The number of aromatic nitrogens is 1. The lowest BCUT2D eigenvalue weighted by molar-refractivity contribution is 0.122. The Morgan fingerprint density at radius 1 is 1.19 bits per heavy atom. The monoisotopic (exact) mass is 308 g/mol. The van der Waals surface area contributed by atoms with Crippen LogP contribution in [0.15, 0.2) is 12.1 Å². The molecule has 1 aromatic heterocycles. The first kappa shape index (κ1) is 15.1. The van der Waals surface area contributed by atoms with Crippen molar-refractivity contribution in [2.45, 2.75) is 26.3 Å². The first-order chi connectivity index (χ1) is 10.2. The Bertz CT molecular complexity index is 467. The zero-order chi connectivity index (χ0) is 14.7. The predicted octanol–water partition coefficient (Wildman–Crippen LogP) is 2.69. The van der Waals surface area contributed by atoms with Gasteiger partial charge in [-0.25, -0.2) is 4.98 Å². The van der Waals surface area contributed by atoms with E-state index in [1.807, 2.05) is 12.1 Å². The normalized spacial score (nSPS) is 20.7. The molecule has 0 atom stereocenters. The molecule has 0 bridgehead atoms. The summed E-state index contributed by atoms with van der Waals surface area (Å²) in [5.74, 6) is 1.91. The molecule has 21 heavy (non-hydrogen) atoms. The van der Waals surface area contributed by atoms with E-state index in [2.05, 4.69) is 27.0 Å². The SMILES string of the molecule is CCNc1ccc(Cl)c(CN2CCN(CC3CC3)CC2)n1. The molecule has 2 heterocycles. The lowest BCUT2D eigenvalue weighted by Gasteiger charge is -2.34. The number of hydrogen-bond acceptors (Lipinski definition) is 4. The van der Waals surface area contributed by atoms with Crippen molar-refractivity contribution >= 4 is 17.4 Å². The number of pyridine rings is 1. The van der Waals surface area contributed by atoms with Crippen LogP contribution in [0.5, 0.6) is 0 Å². The second kappa shape index (κ2) is 6.95. The summed E-state index contributed by atoms with van der Waals surface area (Å²) in [6.45, 7) is 9.73. The summed E-state index contributed by atoms with van der Waals surface area (Å²) in [5, 5.41) is 4.03. The van der Waals surface area contributed by atoms with Gasteiger partial charge < -0.3 is 10.2 Å². The van der Waals surface area contributed by atoms with Crippen molar-refractivity contribution in [2.24, 2.45) is 5.92 Å². The minimum Gasteiger partial charge on any atom is -0.370 e. The van der Waals surface area contributed by atoms with Gasteiger partial charge in [0, 0.05) is 45.8 Å². The minimum absolute atomic E-state index is 0.775. The van der Waals surface area contributed by atoms with E-state index in [1.165, 1.54) is 32.5 Å². The highest BCUT2D eigenvalue weighted by Gasteiger charge is 2.26. The molecular weight excluding hydrogens is 284 g/mol. The zero-order valence-electron chi connectivity index (χ0n) is 12.8. The average molecular weight is 309 g/mol. The van der Waals surface area contributed by atoms with Crippen molar-refractivity contribution in [3.05, 3.63) is 22.8 Å². The molecule has 3 rings (SSSR count). The molecule has 5 heteroatoms. The van der Waals surface area contributed by atoms with E-state index in [0.29, 0.717) is 0 Å². The highest BCUT2D eigenvalue weighted by molar-refractivity contribution is 6.31. The Morgan fingerprint density at radius 3 is 2.57 bits per heavy atom. The standard InChI is InChI=1S/C16H25ClN4/c1-2-18-16-6-5-14(17)15(19-16)12-21-9-7-20(8-10-21)11-13-3-4-13/h5-6,13H,2-4,7-12H2,1H3,(H,18,19). The second-order valence-electron chi connectivity index (χ2n) is 6.18. The number of rotatable bonds is 6. The van der Waals surface area contributed by atoms with Crippen LogP contribution >= 0.6 is 11.6 Å². The third kappa shape index (κ3) is 4.31. The zero-order valence-corrected chi connectivity index (χ0v) is 13.6. The summed E-state index contributed by atoms with van der Waals surface area (Å²) < 4.78 is 0. The molecule has 1 aliphatic heterocycles. The van der Waals surface area contributed by atoms with Gasteiger partial charge in [0.2, 0.25) is 0 Å². The van der Waals surface area contributed by atoms with E-state index in [0.717, 1.165) is 48.6 Å². The lowest BCUT2D eigenvalue weighted by Crippen LogP contribution is -2.46. The maximum atomic E-state index is 6.29. The Morgan fingerprint density at radius 2 is 1.90 bits per heavy atom. The molecule has 0 aromatic carbocycles. The Kier molecular flexibility index (Phi) is 4.99. The summed E-state index contributed by atoms with van der Waals surface area (Å²) in [6.07, 6.45) is 2.88. The van der Waals surface area contributed by atoms with Gasteiger partial charge in [0.25, 0.3) is 0 Å². The van der Waals surface area contributed by atoms with E-state index in [9.17, 15) is 0 Å². The number of nitrogens with zero attached hydrogens (tertiary/aromatic N) is 3. The molecule has 0 unspecified atom stereocenters. The Hall–Kier alpha value is -0.840. The van der Waals surface area contributed by atoms with Crippen molar-refractivity contribution in [3.8, 4) is 0 Å². The van der Waals surface area contributed by atoms with Crippen LogP contribution in [-0.2, 0) is 6.54 Å². The maximum absolute atomic E-state index is 6.29. The first-order valence-electron chi connectivity index (χ1n) is 8.08. The molecule has 2 fully saturated rings. The van der Waals surface area contributed by atoms with E-state index in [4.69, 9.17) is 11.6 Å². The van der Waals surface area contributed by atoms with Gasteiger partial charge in [-0.2, -0.15) is 0 Å². The van der Waals surface area contributed by atoms with Gasteiger partial charge in [-0.05, 0) is 37.8 Å². The molecule has 2 aliphatic rings. The third-order valence-corrected chi connectivity index (χ3v) is 4.67. The van der Waals surface area contributed by atoms with Crippen LogP contribution in [-0.4, -0.2) is 54.1 Å². The summed E-state index contributed by atoms with van der Waals surface area (Å²) in [7, 11) is 0. The smallest absolute Gasteiger partial charge is 0.126 e. The minimum atomic E-state index is 0.775. The van der Waals surface area contributed by atoms with Gasteiger partial charge in [-0.3, -0.25) is 4.90 Å². The number of halogens is 1. The summed E-state index contributed by atoms with van der Waals surface area (Å²) >= 11 is 6.29. The molecule has 1 saturated heterocycles. The summed E-state index contributed by atoms with van der Waals surface area (Å²) in [6, 6.07) is 3.90. The molecule has 0 spiro atoms. The fourth-order valence-corrected chi connectivity index (χ4v) is 3.05. The van der Waals surface area contributed by atoms with Crippen LogP contribution in [0.25, 0.3) is 0 Å². The third-order valence-electron chi connectivity index (χ3n) is 4.33. The molecule has 1 N–H and O–H groups in total. The van der Waals surface area contributed by atoms with E-state index in [-0.39, 0.29) is 0 Å². The first-order valence-corrected chi connectivity index (χ1v) is 8.46. The summed E-state index contributed by atoms with van der Waals surface area (Å²) in [4.78, 5) is 9.71. The van der Waals surface area contributed by atoms with Crippen LogP contribution < -0.4 is 5.32 Å². The van der Waals surface area contributed by atoms with Gasteiger partial charge in [-0.15, -0.1) is 0 Å². The molecule has 1 saturated carbocycles. The van der Waals surface area contributed by atoms with Crippen LogP contribution in [0.3, 0.4) is 0 Å². The van der Waals surface area contributed by atoms with Gasteiger partial charge >= 0.3 is 0 Å². The fourth-order valence-electron chi connectivity index (χ4n) is 2.88. The van der Waals surface area contributed by atoms with Crippen molar-refractivity contribution in [1.29, 1.82) is 0 Å². The Labute approximate surface area is 132 Å². The molecule has 4 nitrogen and oxygen atoms in total. The summed E-state index contributed by atoms with van der Waals surface area (Å²) in [5.41, 5.74) is 0.991. The van der Waals surface area contributed by atoms with E-state index in [1.54, 1.807) is 0 Å². The Balaban J connectivity index is 1.53. The molecule has 1 aliphatic carbocycles. The van der Waals surface area contributed by atoms with Crippen LogP contribution in [0.4, 0.5) is 5.82 Å². The van der Waals surface area contributed by atoms with Gasteiger partial charge in [0.05, 0.1) is 10.7 Å². The van der Waals surface area contributed by atoms with Crippen LogP contribution in [0.1, 0.15) is 25.5 Å². The van der Waals surface area contributed by atoms with Gasteiger partial charge in [-0.1, -0.05) is 11.6 Å². The molecule has 0 radical (unpaired) electrons. The predicted molar refractivity (Wildman–Crippen MR) is 87.9 cm³/mol. The second-order valence-corrected chi connectivity index (χ2v) is 6.58. The van der Waals surface area contributed by atoms with Crippen molar-refractivity contribution in [1.82, 2.24) is 14.8 Å². The topological polar surface area (TPSA) is 31.4 Å². The molecule has 116 valence electrons. The van der Waals surface area contributed by atoms with Crippen LogP contribution in [0.2, 0.25) is 5.02 Å². The highest BCUT2D eigenvalue weighted by Crippen LogP contribution is 2.30. The quantitative estimate of drug-likeness (QED) is 0.875. The number of piperazine rings is 1. The lowest BCUT2D eigenvalue weighted by atomic mass is 10.2. The van der Waals surface area contributed by atoms with Gasteiger partial charge in [0.1, 0.15) is 5.82 Å². The van der Waals surface area contributed by atoms with E-state index < -0.39 is 0 Å². The van der Waals surface area contributed by atoms with Crippen molar-refractivity contribution in [2.75, 3.05) is 44.6 Å². The molecular formula is C16H25ClN4. The van der Waals surface area contributed by atoms with Crippen molar-refractivity contribution < 1.29 is 0 Å². The largest absolute Gasteiger partial charge is 0.370 e. The number of hydrogen-bond donors (Lipinski definition) is 1. The van der Waals surface area contributed by atoms with E-state index >= 15 is 0 Å². The maximum Gasteiger partial charge on any atom is 0.126 e. The average Bonchev–Trinajstić information content (AvgIpc) is 3.29. The van der Waals surface area contributed by atoms with Gasteiger partial charge in [0.15, 0.2) is 0 Å². The molecule has 0 amide bonds.